The molecule has 2 aromatic rings. The number of hydrogen-bond acceptors (Lipinski definition) is 2. The predicted molar refractivity (Wildman–Crippen MR) is 72.6 cm³/mol. The highest BCUT2D eigenvalue weighted by atomic mass is 19.4. The summed E-state index contributed by atoms with van der Waals surface area (Å²) < 4.78 is 39.2. The van der Waals surface area contributed by atoms with Crippen molar-refractivity contribution < 1.29 is 18.3 Å². The molecule has 0 aliphatic heterocycles. The summed E-state index contributed by atoms with van der Waals surface area (Å²) in [5.74, 6) is 0. The van der Waals surface area contributed by atoms with Crippen molar-refractivity contribution in [2.75, 3.05) is 0 Å². The maximum absolute atomic E-state index is 12.5. The molecule has 1 heterocycles. The van der Waals surface area contributed by atoms with E-state index in [2.05, 4.69) is 5.10 Å². The topological polar surface area (TPSA) is 38.0 Å². The lowest BCUT2D eigenvalue weighted by molar-refractivity contribution is -0.137. The zero-order valence-corrected chi connectivity index (χ0v) is 11.6. The van der Waals surface area contributed by atoms with E-state index in [1.807, 2.05) is 6.92 Å². The summed E-state index contributed by atoms with van der Waals surface area (Å²) >= 11 is 0. The fourth-order valence-corrected chi connectivity index (χ4v) is 2.18. The van der Waals surface area contributed by atoms with Gasteiger partial charge in [0, 0.05) is 19.2 Å². The molecule has 0 saturated carbocycles. The van der Waals surface area contributed by atoms with Gasteiger partial charge in [-0.25, -0.2) is 0 Å². The first-order valence-electron chi connectivity index (χ1n) is 6.77. The molecule has 0 amide bonds. The predicted octanol–water partition coefficient (Wildman–Crippen LogP) is 3.59. The molecule has 1 N–H and O–H groups in total. The molecule has 0 radical (unpaired) electrons. The van der Waals surface area contributed by atoms with Crippen molar-refractivity contribution in [3.05, 3.63) is 53.3 Å². The molecule has 1 unspecified atom stereocenters. The Morgan fingerprint density at radius 2 is 1.86 bits per heavy atom. The van der Waals surface area contributed by atoms with E-state index in [4.69, 9.17) is 0 Å². The maximum Gasteiger partial charge on any atom is 0.416 e. The van der Waals surface area contributed by atoms with Crippen molar-refractivity contribution >= 4 is 0 Å². The normalized spacial score (nSPS) is 13.4. The third-order valence-corrected chi connectivity index (χ3v) is 3.24. The smallest absolute Gasteiger partial charge is 0.386 e. The van der Waals surface area contributed by atoms with Gasteiger partial charge in [-0.3, -0.25) is 4.68 Å². The summed E-state index contributed by atoms with van der Waals surface area (Å²) in [6, 6.07) is 6.58. The Hall–Kier alpha value is -1.82. The van der Waals surface area contributed by atoms with Gasteiger partial charge >= 0.3 is 6.18 Å². The number of aromatic nitrogens is 2. The van der Waals surface area contributed by atoms with Crippen molar-refractivity contribution in [3.63, 3.8) is 0 Å². The van der Waals surface area contributed by atoms with Crippen LogP contribution >= 0.6 is 0 Å². The SMILES string of the molecule is CCCn1nccc1C(O)Cc1ccc(C(F)(F)F)cc1. The highest BCUT2D eigenvalue weighted by Crippen LogP contribution is 2.29. The summed E-state index contributed by atoms with van der Waals surface area (Å²) in [7, 11) is 0. The summed E-state index contributed by atoms with van der Waals surface area (Å²) in [6.07, 6.45) is -2.36. The van der Waals surface area contributed by atoms with Gasteiger partial charge in [0.2, 0.25) is 0 Å². The molecule has 1 aromatic heterocycles. The van der Waals surface area contributed by atoms with Gasteiger partial charge in [0.25, 0.3) is 0 Å². The number of aliphatic hydroxyl groups is 1. The molecule has 21 heavy (non-hydrogen) atoms. The van der Waals surface area contributed by atoms with Crippen molar-refractivity contribution in [2.45, 2.75) is 38.6 Å². The highest BCUT2D eigenvalue weighted by Gasteiger charge is 2.30. The van der Waals surface area contributed by atoms with Gasteiger partial charge in [0.15, 0.2) is 0 Å². The molecular formula is C15H17F3N2O. The second-order valence-electron chi connectivity index (χ2n) is 4.89. The first kappa shape index (κ1) is 15.6. The fourth-order valence-electron chi connectivity index (χ4n) is 2.18. The number of aliphatic hydroxyl groups excluding tert-OH is 1. The Kier molecular flexibility index (Phi) is 4.67. The van der Waals surface area contributed by atoms with Crippen LogP contribution in [0.5, 0.6) is 0 Å². The monoisotopic (exact) mass is 298 g/mol. The second kappa shape index (κ2) is 6.30. The van der Waals surface area contributed by atoms with Crippen LogP contribution in [0.2, 0.25) is 0 Å². The van der Waals surface area contributed by atoms with Crippen molar-refractivity contribution in [1.29, 1.82) is 0 Å². The molecule has 1 atom stereocenters. The van der Waals surface area contributed by atoms with E-state index in [1.165, 1.54) is 12.1 Å². The molecule has 1 aromatic carbocycles. The van der Waals surface area contributed by atoms with E-state index < -0.39 is 17.8 Å². The zero-order chi connectivity index (χ0) is 15.5. The minimum Gasteiger partial charge on any atom is -0.386 e. The van der Waals surface area contributed by atoms with Crippen LogP contribution in [0.3, 0.4) is 0 Å². The largest absolute Gasteiger partial charge is 0.416 e. The van der Waals surface area contributed by atoms with Crippen LogP contribution in [0.1, 0.15) is 36.3 Å². The van der Waals surface area contributed by atoms with E-state index in [0.717, 1.165) is 18.6 Å². The average molecular weight is 298 g/mol. The zero-order valence-electron chi connectivity index (χ0n) is 11.6. The van der Waals surface area contributed by atoms with Gasteiger partial charge in [0.1, 0.15) is 0 Å². The highest BCUT2D eigenvalue weighted by molar-refractivity contribution is 5.25. The van der Waals surface area contributed by atoms with Crippen LogP contribution in [0, 0.1) is 0 Å². The number of aryl methyl sites for hydroxylation is 1. The number of benzene rings is 1. The number of halogens is 3. The lowest BCUT2D eigenvalue weighted by Gasteiger charge is -2.14. The van der Waals surface area contributed by atoms with Crippen LogP contribution in [0.25, 0.3) is 0 Å². The molecule has 0 fully saturated rings. The summed E-state index contributed by atoms with van der Waals surface area (Å²) in [5, 5.41) is 14.3. The molecular weight excluding hydrogens is 281 g/mol. The molecule has 0 aliphatic rings. The van der Waals surface area contributed by atoms with E-state index in [0.29, 0.717) is 17.8 Å². The van der Waals surface area contributed by atoms with E-state index >= 15 is 0 Å². The van der Waals surface area contributed by atoms with Crippen molar-refractivity contribution in [2.24, 2.45) is 0 Å². The van der Waals surface area contributed by atoms with Gasteiger partial charge in [-0.2, -0.15) is 18.3 Å². The number of alkyl halides is 3. The first-order chi connectivity index (χ1) is 9.91. The summed E-state index contributed by atoms with van der Waals surface area (Å²) in [4.78, 5) is 0. The minimum absolute atomic E-state index is 0.257. The molecule has 0 saturated heterocycles. The average Bonchev–Trinajstić information content (AvgIpc) is 2.87. The molecule has 2 rings (SSSR count). The molecule has 3 nitrogen and oxygen atoms in total. The Balaban J connectivity index is 2.09. The summed E-state index contributed by atoms with van der Waals surface area (Å²) in [5.41, 5.74) is 0.647. The minimum atomic E-state index is -4.34. The van der Waals surface area contributed by atoms with Crippen molar-refractivity contribution in [1.82, 2.24) is 9.78 Å². The third-order valence-electron chi connectivity index (χ3n) is 3.24. The summed E-state index contributed by atoms with van der Waals surface area (Å²) in [6.45, 7) is 2.71. The van der Waals surface area contributed by atoms with Gasteiger partial charge in [-0.1, -0.05) is 19.1 Å². The van der Waals surface area contributed by atoms with Gasteiger partial charge < -0.3 is 5.11 Å². The Labute approximate surface area is 121 Å². The van der Waals surface area contributed by atoms with Crippen LogP contribution in [-0.4, -0.2) is 14.9 Å². The first-order valence-corrected chi connectivity index (χ1v) is 6.77. The Morgan fingerprint density at radius 1 is 1.19 bits per heavy atom. The van der Waals surface area contributed by atoms with Crippen LogP contribution in [0.15, 0.2) is 36.5 Å². The third kappa shape index (κ3) is 3.85. The maximum atomic E-state index is 12.5. The van der Waals surface area contributed by atoms with E-state index in [-0.39, 0.29) is 6.42 Å². The number of rotatable bonds is 5. The van der Waals surface area contributed by atoms with Gasteiger partial charge in [0.05, 0.1) is 17.4 Å². The molecule has 114 valence electrons. The lowest BCUT2D eigenvalue weighted by Crippen LogP contribution is -2.11. The fraction of sp³-hybridized carbons (Fsp3) is 0.400. The van der Waals surface area contributed by atoms with Crippen LogP contribution in [-0.2, 0) is 19.1 Å². The molecule has 0 spiro atoms. The van der Waals surface area contributed by atoms with E-state index in [9.17, 15) is 18.3 Å². The molecule has 0 bridgehead atoms. The van der Waals surface area contributed by atoms with Crippen molar-refractivity contribution in [3.8, 4) is 0 Å². The number of hydrogen-bond donors (Lipinski definition) is 1. The Bertz CT molecular complexity index is 575. The lowest BCUT2D eigenvalue weighted by atomic mass is 10.0. The molecule has 0 aliphatic carbocycles. The molecule has 6 heteroatoms. The van der Waals surface area contributed by atoms with Crippen LogP contribution < -0.4 is 0 Å². The van der Waals surface area contributed by atoms with Crippen LogP contribution in [0.4, 0.5) is 13.2 Å². The Morgan fingerprint density at radius 3 is 2.43 bits per heavy atom. The van der Waals surface area contributed by atoms with E-state index in [1.54, 1.807) is 16.9 Å². The number of nitrogens with zero attached hydrogens (tertiary/aromatic N) is 2. The van der Waals surface area contributed by atoms with Gasteiger partial charge in [-0.15, -0.1) is 0 Å². The second-order valence-corrected chi connectivity index (χ2v) is 4.89. The van der Waals surface area contributed by atoms with Gasteiger partial charge in [-0.05, 0) is 30.2 Å². The standard InChI is InChI=1S/C15H17F3N2O/c1-2-9-20-13(7-8-19-20)14(21)10-11-3-5-12(6-4-11)15(16,17)18/h3-8,14,21H,2,9-10H2,1H3. The quantitative estimate of drug-likeness (QED) is 0.916.